The van der Waals surface area contributed by atoms with Gasteiger partial charge in [-0.25, -0.2) is 0 Å². The number of hydrogen-bond donors (Lipinski definition) is 1. The number of methoxy groups -OCH3 is 2. The average Bonchev–Trinajstić information content (AvgIpc) is 2.67. The fourth-order valence-electron chi connectivity index (χ4n) is 2.78. The summed E-state index contributed by atoms with van der Waals surface area (Å²) in [5.74, 6) is 1.37. The number of halogens is 1. The first-order valence-corrected chi connectivity index (χ1v) is 9.17. The van der Waals surface area contributed by atoms with Crippen LogP contribution in [-0.4, -0.2) is 38.6 Å². The van der Waals surface area contributed by atoms with Crippen molar-refractivity contribution < 1.29 is 14.3 Å². The lowest BCUT2D eigenvalue weighted by Crippen LogP contribution is -2.36. The molecule has 1 amide bonds. The van der Waals surface area contributed by atoms with Gasteiger partial charge in [0.2, 0.25) is 5.91 Å². The van der Waals surface area contributed by atoms with E-state index in [1.165, 1.54) is 0 Å². The van der Waals surface area contributed by atoms with Crippen LogP contribution in [0.25, 0.3) is 0 Å². The number of rotatable bonds is 8. The Morgan fingerprint density at radius 3 is 2.33 bits per heavy atom. The van der Waals surface area contributed by atoms with Crippen molar-refractivity contribution in [2.45, 2.75) is 26.4 Å². The van der Waals surface area contributed by atoms with E-state index in [1.807, 2.05) is 50.2 Å². The molecule has 146 valence electrons. The van der Waals surface area contributed by atoms with E-state index in [1.54, 1.807) is 26.2 Å². The van der Waals surface area contributed by atoms with Gasteiger partial charge in [0.25, 0.3) is 0 Å². The fraction of sp³-hybridized carbons (Fsp3) is 0.381. The van der Waals surface area contributed by atoms with E-state index in [9.17, 15) is 4.79 Å². The number of ether oxygens (including phenoxy) is 2. The Balaban J connectivity index is 1.96. The first kappa shape index (κ1) is 21.1. The minimum Gasteiger partial charge on any atom is -0.493 e. The molecule has 0 spiro atoms. The lowest BCUT2D eigenvalue weighted by atomic mass is 10.1. The first-order valence-electron chi connectivity index (χ1n) is 8.80. The molecule has 2 rings (SSSR count). The van der Waals surface area contributed by atoms with Crippen molar-refractivity contribution in [3.05, 3.63) is 58.1 Å². The third-order valence-electron chi connectivity index (χ3n) is 4.60. The highest BCUT2D eigenvalue weighted by Gasteiger charge is 2.15. The second kappa shape index (κ2) is 9.62. The van der Waals surface area contributed by atoms with E-state index in [-0.39, 0.29) is 18.5 Å². The molecule has 0 unspecified atom stereocenters. The van der Waals surface area contributed by atoms with Crippen molar-refractivity contribution in [3.63, 3.8) is 0 Å². The zero-order valence-corrected chi connectivity index (χ0v) is 17.3. The molecular weight excluding hydrogens is 364 g/mol. The monoisotopic (exact) mass is 390 g/mol. The van der Waals surface area contributed by atoms with Crippen LogP contribution in [0.5, 0.6) is 11.5 Å². The summed E-state index contributed by atoms with van der Waals surface area (Å²) in [5.41, 5.74) is 3.16. The Morgan fingerprint density at radius 1 is 1.15 bits per heavy atom. The molecule has 6 heteroatoms. The fourth-order valence-corrected chi connectivity index (χ4v) is 2.91. The topological polar surface area (TPSA) is 50.8 Å². The molecule has 0 bridgehead atoms. The molecule has 27 heavy (non-hydrogen) atoms. The molecule has 0 fully saturated rings. The number of amides is 1. The summed E-state index contributed by atoms with van der Waals surface area (Å²) in [6.07, 6.45) is 0. The van der Waals surface area contributed by atoms with Gasteiger partial charge in [-0.15, -0.1) is 0 Å². The maximum atomic E-state index is 12.5. The molecule has 0 saturated heterocycles. The van der Waals surface area contributed by atoms with Gasteiger partial charge in [0.05, 0.1) is 20.8 Å². The molecule has 1 N–H and O–H groups in total. The average molecular weight is 391 g/mol. The predicted molar refractivity (Wildman–Crippen MR) is 109 cm³/mol. The molecule has 0 radical (unpaired) electrons. The smallest absolute Gasteiger partial charge is 0.236 e. The highest BCUT2D eigenvalue weighted by Crippen LogP contribution is 2.30. The molecule has 0 aliphatic rings. The van der Waals surface area contributed by atoms with Gasteiger partial charge in [-0.05, 0) is 54.8 Å². The minimum atomic E-state index is 0.0185. The van der Waals surface area contributed by atoms with Crippen LogP contribution in [-0.2, 0) is 11.3 Å². The molecule has 0 heterocycles. The third kappa shape index (κ3) is 5.62. The second-order valence-corrected chi connectivity index (χ2v) is 6.97. The van der Waals surface area contributed by atoms with Crippen molar-refractivity contribution in [3.8, 4) is 11.5 Å². The summed E-state index contributed by atoms with van der Waals surface area (Å²) in [6.45, 7) is 4.78. The predicted octanol–water partition coefficient (Wildman–Crippen LogP) is 3.97. The van der Waals surface area contributed by atoms with E-state index in [0.29, 0.717) is 23.1 Å². The van der Waals surface area contributed by atoms with Crippen molar-refractivity contribution in [2.24, 2.45) is 0 Å². The van der Waals surface area contributed by atoms with E-state index in [2.05, 4.69) is 5.32 Å². The van der Waals surface area contributed by atoms with E-state index in [4.69, 9.17) is 21.1 Å². The molecule has 0 aromatic heterocycles. The standard InChI is InChI=1S/C21H27ClN2O3/c1-14-10-19(26-4)20(27-5)11-17(14)13-24(3)21(25)12-23-15(2)16-6-8-18(22)9-7-16/h6-11,15,23H,12-13H2,1-5H3/t15-/m1/s1. The summed E-state index contributed by atoms with van der Waals surface area (Å²) in [6, 6.07) is 11.5. The molecule has 0 aliphatic carbocycles. The van der Waals surface area contributed by atoms with Gasteiger partial charge in [-0.3, -0.25) is 4.79 Å². The Hall–Kier alpha value is -2.24. The first-order chi connectivity index (χ1) is 12.8. The zero-order valence-electron chi connectivity index (χ0n) is 16.5. The molecule has 0 aliphatic heterocycles. The van der Waals surface area contributed by atoms with Crippen LogP contribution in [0, 0.1) is 6.92 Å². The summed E-state index contributed by atoms with van der Waals surface area (Å²) < 4.78 is 10.7. The Morgan fingerprint density at radius 2 is 1.74 bits per heavy atom. The van der Waals surface area contributed by atoms with Crippen molar-refractivity contribution in [1.29, 1.82) is 0 Å². The number of nitrogens with zero attached hydrogens (tertiary/aromatic N) is 1. The summed E-state index contributed by atoms with van der Waals surface area (Å²) in [7, 11) is 5.02. The highest BCUT2D eigenvalue weighted by molar-refractivity contribution is 6.30. The van der Waals surface area contributed by atoms with E-state index >= 15 is 0 Å². The Labute approximate surface area is 166 Å². The van der Waals surface area contributed by atoms with Crippen LogP contribution in [0.3, 0.4) is 0 Å². The summed E-state index contributed by atoms with van der Waals surface area (Å²) in [4.78, 5) is 14.2. The zero-order chi connectivity index (χ0) is 20.0. The second-order valence-electron chi connectivity index (χ2n) is 6.54. The number of aryl methyl sites for hydroxylation is 1. The van der Waals surface area contributed by atoms with Crippen LogP contribution in [0.2, 0.25) is 5.02 Å². The molecule has 2 aromatic rings. The minimum absolute atomic E-state index is 0.0185. The summed E-state index contributed by atoms with van der Waals surface area (Å²) >= 11 is 5.92. The van der Waals surface area contributed by atoms with Gasteiger partial charge in [0.1, 0.15) is 0 Å². The van der Waals surface area contributed by atoms with Gasteiger partial charge in [0, 0.05) is 24.7 Å². The molecular formula is C21H27ClN2O3. The Bertz CT molecular complexity index is 778. The molecule has 0 saturated carbocycles. The summed E-state index contributed by atoms with van der Waals surface area (Å²) in [5, 5.41) is 3.96. The van der Waals surface area contributed by atoms with E-state index in [0.717, 1.165) is 16.7 Å². The van der Waals surface area contributed by atoms with Crippen LogP contribution in [0.4, 0.5) is 0 Å². The number of hydrogen-bond acceptors (Lipinski definition) is 4. The number of benzene rings is 2. The normalized spacial score (nSPS) is 11.8. The molecule has 1 atom stereocenters. The van der Waals surface area contributed by atoms with Gasteiger partial charge >= 0.3 is 0 Å². The van der Waals surface area contributed by atoms with Crippen LogP contribution in [0.15, 0.2) is 36.4 Å². The van der Waals surface area contributed by atoms with Gasteiger partial charge in [0.15, 0.2) is 11.5 Å². The molecule has 5 nitrogen and oxygen atoms in total. The number of carbonyl (C=O) groups is 1. The number of carbonyl (C=O) groups excluding carboxylic acids is 1. The lowest BCUT2D eigenvalue weighted by Gasteiger charge is -2.21. The number of nitrogens with one attached hydrogen (secondary N) is 1. The highest BCUT2D eigenvalue weighted by atomic mass is 35.5. The largest absolute Gasteiger partial charge is 0.493 e. The Kier molecular flexibility index (Phi) is 7.51. The van der Waals surface area contributed by atoms with E-state index < -0.39 is 0 Å². The van der Waals surface area contributed by atoms with Crippen molar-refractivity contribution >= 4 is 17.5 Å². The van der Waals surface area contributed by atoms with Crippen molar-refractivity contribution in [2.75, 3.05) is 27.8 Å². The van der Waals surface area contributed by atoms with Crippen molar-refractivity contribution in [1.82, 2.24) is 10.2 Å². The molecule has 2 aromatic carbocycles. The lowest BCUT2D eigenvalue weighted by molar-refractivity contribution is -0.129. The maximum absolute atomic E-state index is 12.5. The van der Waals surface area contributed by atoms with Gasteiger partial charge in [-0.2, -0.15) is 0 Å². The third-order valence-corrected chi connectivity index (χ3v) is 4.86. The van der Waals surface area contributed by atoms with Gasteiger partial charge < -0.3 is 19.7 Å². The quantitative estimate of drug-likeness (QED) is 0.740. The maximum Gasteiger partial charge on any atom is 0.236 e. The van der Waals surface area contributed by atoms with Gasteiger partial charge in [-0.1, -0.05) is 23.7 Å². The van der Waals surface area contributed by atoms with Crippen LogP contribution >= 0.6 is 11.6 Å². The number of likely N-dealkylation sites (N-methyl/N-ethyl adjacent to an activating group) is 1. The SMILES string of the molecule is COc1cc(C)c(CN(C)C(=O)CN[C@H](C)c2ccc(Cl)cc2)cc1OC. The van der Waals surface area contributed by atoms with Crippen LogP contribution < -0.4 is 14.8 Å². The van der Waals surface area contributed by atoms with Crippen LogP contribution in [0.1, 0.15) is 29.7 Å².